The van der Waals surface area contributed by atoms with E-state index in [4.69, 9.17) is 0 Å². The second kappa shape index (κ2) is 11.1. The van der Waals surface area contributed by atoms with Gasteiger partial charge in [-0.3, -0.25) is 14.9 Å². The van der Waals surface area contributed by atoms with Gasteiger partial charge in [-0.05, 0) is 23.8 Å². The van der Waals surface area contributed by atoms with Crippen molar-refractivity contribution in [3.8, 4) is 0 Å². The molecule has 6 nitrogen and oxygen atoms in total. The second-order valence-electron chi connectivity index (χ2n) is 6.04. The number of anilines is 1. The minimum absolute atomic E-state index is 0.100. The van der Waals surface area contributed by atoms with Crippen LogP contribution in [0.4, 0.5) is 5.13 Å². The fourth-order valence-corrected chi connectivity index (χ4v) is 4.35. The second-order valence-corrected chi connectivity index (χ2v) is 9.01. The third kappa shape index (κ3) is 7.26. The molecule has 0 spiro atoms. The molecule has 1 heterocycles. The monoisotopic (exact) mass is 490 g/mol. The van der Waals surface area contributed by atoms with Gasteiger partial charge in [-0.1, -0.05) is 63.7 Å². The SMILES string of the molecule is O=C(CSCc1ccccc1)Nc1nnc(CCNC(=O)c2cccc(Br)c2)s1. The zero-order valence-corrected chi connectivity index (χ0v) is 18.6. The van der Waals surface area contributed by atoms with Gasteiger partial charge in [-0.2, -0.15) is 0 Å². The minimum atomic E-state index is -0.139. The molecule has 150 valence electrons. The van der Waals surface area contributed by atoms with E-state index in [1.807, 2.05) is 42.5 Å². The summed E-state index contributed by atoms with van der Waals surface area (Å²) >= 11 is 6.22. The van der Waals surface area contributed by atoms with E-state index in [0.29, 0.717) is 29.4 Å². The number of nitrogens with one attached hydrogen (secondary N) is 2. The summed E-state index contributed by atoms with van der Waals surface area (Å²) < 4.78 is 0.858. The Morgan fingerprint density at radius 3 is 2.69 bits per heavy atom. The Morgan fingerprint density at radius 1 is 1.07 bits per heavy atom. The average Bonchev–Trinajstić information content (AvgIpc) is 3.15. The van der Waals surface area contributed by atoms with Gasteiger partial charge in [0.25, 0.3) is 5.91 Å². The molecule has 29 heavy (non-hydrogen) atoms. The number of carbonyl (C=O) groups excluding carboxylic acids is 2. The van der Waals surface area contributed by atoms with E-state index in [-0.39, 0.29) is 11.8 Å². The Bertz CT molecular complexity index is 966. The highest BCUT2D eigenvalue weighted by atomic mass is 79.9. The number of rotatable bonds is 9. The molecule has 0 fully saturated rings. The van der Waals surface area contributed by atoms with Crippen LogP contribution in [0.1, 0.15) is 20.9 Å². The molecule has 0 radical (unpaired) electrons. The number of nitrogens with zero attached hydrogens (tertiary/aromatic N) is 2. The van der Waals surface area contributed by atoms with Crippen LogP contribution in [0.5, 0.6) is 0 Å². The fraction of sp³-hybridized carbons (Fsp3) is 0.200. The maximum absolute atomic E-state index is 12.1. The normalized spacial score (nSPS) is 10.5. The lowest BCUT2D eigenvalue weighted by Crippen LogP contribution is -2.25. The topological polar surface area (TPSA) is 84.0 Å². The van der Waals surface area contributed by atoms with E-state index in [1.54, 1.807) is 23.9 Å². The maximum atomic E-state index is 12.1. The van der Waals surface area contributed by atoms with Crippen LogP contribution < -0.4 is 10.6 Å². The molecule has 0 aliphatic carbocycles. The van der Waals surface area contributed by atoms with Crippen LogP contribution in [0.3, 0.4) is 0 Å². The van der Waals surface area contributed by atoms with Gasteiger partial charge >= 0.3 is 0 Å². The Kier molecular flexibility index (Phi) is 8.21. The molecule has 0 unspecified atom stereocenters. The summed E-state index contributed by atoms with van der Waals surface area (Å²) in [5, 5.41) is 14.9. The number of hydrogen-bond donors (Lipinski definition) is 2. The summed E-state index contributed by atoms with van der Waals surface area (Å²) in [5.41, 5.74) is 1.78. The van der Waals surface area contributed by atoms with Crippen LogP contribution in [0, 0.1) is 0 Å². The molecule has 1 aromatic heterocycles. The van der Waals surface area contributed by atoms with Gasteiger partial charge in [0.05, 0.1) is 5.75 Å². The van der Waals surface area contributed by atoms with E-state index < -0.39 is 0 Å². The van der Waals surface area contributed by atoms with Crippen molar-refractivity contribution < 1.29 is 9.59 Å². The summed E-state index contributed by atoms with van der Waals surface area (Å²) in [6, 6.07) is 17.2. The minimum Gasteiger partial charge on any atom is -0.352 e. The van der Waals surface area contributed by atoms with Crippen molar-refractivity contribution in [2.45, 2.75) is 12.2 Å². The van der Waals surface area contributed by atoms with E-state index in [0.717, 1.165) is 15.2 Å². The van der Waals surface area contributed by atoms with Crippen LogP contribution in [-0.4, -0.2) is 34.3 Å². The number of aromatic nitrogens is 2. The lowest BCUT2D eigenvalue weighted by atomic mass is 10.2. The zero-order valence-electron chi connectivity index (χ0n) is 15.4. The van der Waals surface area contributed by atoms with Gasteiger partial charge in [-0.15, -0.1) is 22.0 Å². The molecule has 0 aliphatic heterocycles. The molecule has 2 amide bonds. The first-order valence-corrected chi connectivity index (χ1v) is 11.6. The number of benzene rings is 2. The Balaban J connectivity index is 1.37. The highest BCUT2D eigenvalue weighted by Crippen LogP contribution is 2.17. The Hall–Kier alpha value is -2.23. The molecule has 0 saturated heterocycles. The smallest absolute Gasteiger partial charge is 0.251 e. The highest BCUT2D eigenvalue weighted by molar-refractivity contribution is 9.10. The van der Waals surface area contributed by atoms with Gasteiger partial charge in [0, 0.05) is 28.8 Å². The molecule has 2 aromatic carbocycles. The summed E-state index contributed by atoms with van der Waals surface area (Å²) in [6.45, 7) is 0.445. The lowest BCUT2D eigenvalue weighted by molar-refractivity contribution is -0.113. The van der Waals surface area contributed by atoms with Crippen LogP contribution in [0.25, 0.3) is 0 Å². The number of carbonyl (C=O) groups is 2. The van der Waals surface area contributed by atoms with Crippen molar-refractivity contribution in [2.75, 3.05) is 17.6 Å². The number of amides is 2. The van der Waals surface area contributed by atoms with Gasteiger partial charge in [-0.25, -0.2) is 0 Å². The molecule has 0 atom stereocenters. The summed E-state index contributed by atoms with van der Waals surface area (Å²) in [6.07, 6.45) is 0.552. The van der Waals surface area contributed by atoms with Crippen molar-refractivity contribution in [2.24, 2.45) is 0 Å². The molecular formula is C20H19BrN4O2S2. The van der Waals surface area contributed by atoms with Crippen LogP contribution in [-0.2, 0) is 17.0 Å². The average molecular weight is 491 g/mol. The quantitative estimate of drug-likeness (QED) is 0.470. The third-order valence-electron chi connectivity index (χ3n) is 3.77. The number of thioether (sulfide) groups is 1. The van der Waals surface area contributed by atoms with Gasteiger partial charge < -0.3 is 5.32 Å². The van der Waals surface area contributed by atoms with Crippen LogP contribution in [0.2, 0.25) is 0 Å². The van der Waals surface area contributed by atoms with Crippen molar-refractivity contribution in [1.82, 2.24) is 15.5 Å². The van der Waals surface area contributed by atoms with Crippen molar-refractivity contribution in [3.63, 3.8) is 0 Å². The van der Waals surface area contributed by atoms with Crippen LogP contribution >= 0.6 is 39.0 Å². The maximum Gasteiger partial charge on any atom is 0.251 e. The standard InChI is InChI=1S/C20H19BrN4O2S2/c21-16-8-4-7-15(11-16)19(27)22-10-9-18-24-25-20(29-18)23-17(26)13-28-12-14-5-2-1-3-6-14/h1-8,11H,9-10,12-13H2,(H,22,27)(H,23,25,26). The first-order valence-electron chi connectivity index (χ1n) is 8.88. The summed E-state index contributed by atoms with van der Waals surface area (Å²) in [7, 11) is 0. The number of hydrogen-bond acceptors (Lipinski definition) is 6. The first-order chi connectivity index (χ1) is 14.1. The van der Waals surface area contributed by atoms with Crippen LogP contribution in [0.15, 0.2) is 59.1 Å². The van der Waals surface area contributed by atoms with Gasteiger partial charge in [0.2, 0.25) is 11.0 Å². The molecule has 3 rings (SSSR count). The van der Waals surface area contributed by atoms with Gasteiger partial charge in [0.1, 0.15) is 5.01 Å². The molecule has 2 N–H and O–H groups in total. The summed E-state index contributed by atoms with van der Waals surface area (Å²) in [4.78, 5) is 24.2. The van der Waals surface area contributed by atoms with Crippen molar-refractivity contribution in [3.05, 3.63) is 75.2 Å². The molecule has 0 aliphatic rings. The number of halogens is 1. The fourth-order valence-electron chi connectivity index (χ4n) is 2.41. The van der Waals surface area contributed by atoms with E-state index in [1.165, 1.54) is 16.9 Å². The lowest BCUT2D eigenvalue weighted by Gasteiger charge is -2.04. The first kappa shape index (κ1) is 21.5. The van der Waals surface area contributed by atoms with Gasteiger partial charge in [0.15, 0.2) is 0 Å². The zero-order chi connectivity index (χ0) is 20.5. The van der Waals surface area contributed by atoms with Crippen molar-refractivity contribution in [1.29, 1.82) is 0 Å². The largest absolute Gasteiger partial charge is 0.352 e. The van der Waals surface area contributed by atoms with E-state index in [2.05, 4.69) is 36.8 Å². The molecule has 3 aromatic rings. The molecule has 9 heteroatoms. The third-order valence-corrected chi connectivity index (χ3v) is 6.16. The molecule has 0 bridgehead atoms. The van der Waals surface area contributed by atoms with E-state index in [9.17, 15) is 9.59 Å². The Morgan fingerprint density at radius 2 is 1.90 bits per heavy atom. The Labute approximate surface area is 185 Å². The molecular weight excluding hydrogens is 472 g/mol. The predicted molar refractivity (Wildman–Crippen MR) is 121 cm³/mol. The molecule has 0 saturated carbocycles. The summed E-state index contributed by atoms with van der Waals surface area (Å²) in [5.74, 6) is 0.899. The highest BCUT2D eigenvalue weighted by Gasteiger charge is 2.10. The predicted octanol–water partition coefficient (Wildman–Crippen LogP) is 4.15. The van der Waals surface area contributed by atoms with Crippen molar-refractivity contribution >= 4 is 56.0 Å². The van der Waals surface area contributed by atoms with E-state index >= 15 is 0 Å².